The Balaban J connectivity index is 2.39. The lowest BCUT2D eigenvalue weighted by molar-refractivity contribution is 0.0839. The highest BCUT2D eigenvalue weighted by Crippen LogP contribution is 2.36. The monoisotopic (exact) mass is 250 g/mol. The van der Waals surface area contributed by atoms with Crippen LogP contribution in [0.2, 0.25) is 0 Å². The van der Waals surface area contributed by atoms with Crippen molar-refractivity contribution in [1.82, 2.24) is 0 Å². The van der Waals surface area contributed by atoms with Crippen molar-refractivity contribution in [3.8, 4) is 5.75 Å². The molecule has 4 nitrogen and oxygen atoms in total. The van der Waals surface area contributed by atoms with Gasteiger partial charge < -0.3 is 20.5 Å². The lowest BCUT2D eigenvalue weighted by Crippen LogP contribution is -2.30. The van der Waals surface area contributed by atoms with Crippen molar-refractivity contribution in [2.75, 3.05) is 25.1 Å². The molecule has 1 unspecified atom stereocenters. The number of β-amino-alcohol motifs (C(OH)–C–C–N with tert-alkyl or cyclic N) is 1. The van der Waals surface area contributed by atoms with Gasteiger partial charge in [0.05, 0.1) is 12.7 Å². The summed E-state index contributed by atoms with van der Waals surface area (Å²) in [5.74, 6) is 0.814. The first kappa shape index (κ1) is 13.2. The van der Waals surface area contributed by atoms with Crippen LogP contribution in [0.4, 0.5) is 5.69 Å². The Hall–Kier alpha value is -1.26. The predicted octanol–water partition coefficient (Wildman–Crippen LogP) is 1.68. The first-order valence-electron chi connectivity index (χ1n) is 6.34. The predicted molar refractivity (Wildman–Crippen MR) is 73.1 cm³/mol. The Bertz CT molecular complexity index is 430. The quantitative estimate of drug-likeness (QED) is 0.857. The van der Waals surface area contributed by atoms with Crippen molar-refractivity contribution in [3.63, 3.8) is 0 Å². The van der Waals surface area contributed by atoms with Gasteiger partial charge in [-0.3, -0.25) is 0 Å². The molecule has 1 aliphatic heterocycles. The van der Waals surface area contributed by atoms with Crippen LogP contribution in [-0.2, 0) is 0 Å². The van der Waals surface area contributed by atoms with Gasteiger partial charge in [0.1, 0.15) is 5.75 Å². The zero-order chi connectivity index (χ0) is 13.3. The molecule has 1 aromatic carbocycles. The zero-order valence-corrected chi connectivity index (χ0v) is 11.3. The van der Waals surface area contributed by atoms with Gasteiger partial charge in [-0.25, -0.2) is 0 Å². The summed E-state index contributed by atoms with van der Waals surface area (Å²) in [4.78, 5) is 2.18. The molecule has 0 saturated carbocycles. The molecule has 1 aliphatic rings. The third-order valence-corrected chi connectivity index (χ3v) is 3.51. The fourth-order valence-corrected chi connectivity index (χ4v) is 2.59. The van der Waals surface area contributed by atoms with E-state index < -0.39 is 5.60 Å². The second kappa shape index (κ2) is 4.78. The van der Waals surface area contributed by atoms with E-state index in [9.17, 15) is 5.11 Å². The molecule has 3 N–H and O–H groups in total. The first-order valence-corrected chi connectivity index (χ1v) is 6.34. The molecule has 0 amide bonds. The summed E-state index contributed by atoms with van der Waals surface area (Å²) in [6, 6.07) is 5.84. The molecule has 2 rings (SSSR count). The van der Waals surface area contributed by atoms with E-state index in [1.54, 1.807) is 7.11 Å². The number of anilines is 1. The van der Waals surface area contributed by atoms with E-state index in [1.165, 1.54) is 0 Å². The zero-order valence-electron chi connectivity index (χ0n) is 11.3. The number of hydrogen-bond donors (Lipinski definition) is 2. The molecule has 0 aromatic heterocycles. The van der Waals surface area contributed by atoms with Gasteiger partial charge in [0.2, 0.25) is 0 Å². The second-order valence-electron chi connectivity index (χ2n) is 5.35. The smallest absolute Gasteiger partial charge is 0.125 e. The van der Waals surface area contributed by atoms with Crippen LogP contribution in [-0.4, -0.2) is 30.9 Å². The van der Waals surface area contributed by atoms with E-state index in [0.717, 1.165) is 30.0 Å². The molecule has 100 valence electrons. The highest BCUT2D eigenvalue weighted by atomic mass is 16.5. The van der Waals surface area contributed by atoms with Crippen molar-refractivity contribution in [3.05, 3.63) is 23.8 Å². The molecule has 1 saturated heterocycles. The fourth-order valence-electron chi connectivity index (χ4n) is 2.59. The van der Waals surface area contributed by atoms with E-state index in [-0.39, 0.29) is 6.04 Å². The van der Waals surface area contributed by atoms with Crippen molar-refractivity contribution in [2.45, 2.75) is 31.9 Å². The van der Waals surface area contributed by atoms with Gasteiger partial charge in [-0.15, -0.1) is 0 Å². The van der Waals surface area contributed by atoms with Crippen LogP contribution >= 0.6 is 0 Å². The van der Waals surface area contributed by atoms with Gasteiger partial charge >= 0.3 is 0 Å². The average Bonchev–Trinajstić information content (AvgIpc) is 2.68. The lowest BCUT2D eigenvalue weighted by Gasteiger charge is -2.26. The first-order chi connectivity index (χ1) is 8.44. The maximum absolute atomic E-state index is 10.1. The van der Waals surface area contributed by atoms with Crippen LogP contribution in [0, 0.1) is 0 Å². The molecular weight excluding hydrogens is 228 g/mol. The Labute approximate surface area is 108 Å². The topological polar surface area (TPSA) is 58.7 Å². The average molecular weight is 250 g/mol. The van der Waals surface area contributed by atoms with E-state index in [4.69, 9.17) is 10.5 Å². The van der Waals surface area contributed by atoms with Crippen LogP contribution in [0.3, 0.4) is 0 Å². The highest BCUT2D eigenvalue weighted by Gasteiger charge is 2.33. The van der Waals surface area contributed by atoms with Crippen LogP contribution in [0.25, 0.3) is 0 Å². The minimum Gasteiger partial charge on any atom is -0.496 e. The molecule has 0 spiro atoms. The summed E-state index contributed by atoms with van der Waals surface area (Å²) >= 11 is 0. The summed E-state index contributed by atoms with van der Waals surface area (Å²) in [6.07, 6.45) is 0.780. The van der Waals surface area contributed by atoms with Crippen LogP contribution < -0.4 is 15.4 Å². The number of methoxy groups -OCH3 is 1. The third-order valence-electron chi connectivity index (χ3n) is 3.51. The fraction of sp³-hybridized carbons (Fsp3) is 0.571. The molecule has 4 heteroatoms. The molecule has 0 radical (unpaired) electrons. The number of rotatable bonds is 3. The van der Waals surface area contributed by atoms with Gasteiger partial charge in [0, 0.05) is 30.4 Å². The van der Waals surface area contributed by atoms with E-state index in [1.807, 2.05) is 32.0 Å². The Morgan fingerprint density at radius 2 is 2.22 bits per heavy atom. The maximum atomic E-state index is 10.1. The normalized spacial score (nSPS) is 25.3. The molecule has 1 fully saturated rings. The van der Waals surface area contributed by atoms with E-state index in [0.29, 0.717) is 6.54 Å². The summed E-state index contributed by atoms with van der Waals surface area (Å²) < 4.78 is 5.39. The Morgan fingerprint density at radius 3 is 2.72 bits per heavy atom. The number of aliphatic hydroxyl groups is 1. The van der Waals surface area contributed by atoms with E-state index in [2.05, 4.69) is 4.90 Å². The van der Waals surface area contributed by atoms with Gasteiger partial charge in [-0.05, 0) is 32.4 Å². The lowest BCUT2D eigenvalue weighted by atomic mass is 10.0. The number of hydrogen-bond acceptors (Lipinski definition) is 4. The SMILES string of the molecule is COc1cccc(N2CCC(C)(O)C2)c1[C@@H](C)N. The largest absolute Gasteiger partial charge is 0.496 e. The van der Waals surface area contributed by atoms with Gasteiger partial charge in [0.15, 0.2) is 0 Å². The van der Waals surface area contributed by atoms with Crippen molar-refractivity contribution in [1.29, 1.82) is 0 Å². The molecule has 1 heterocycles. The minimum atomic E-state index is -0.613. The maximum Gasteiger partial charge on any atom is 0.125 e. The van der Waals surface area contributed by atoms with Gasteiger partial charge in [-0.2, -0.15) is 0 Å². The Kier molecular flexibility index (Phi) is 3.50. The summed E-state index contributed by atoms with van der Waals surface area (Å²) in [5, 5.41) is 10.1. The number of nitrogens with two attached hydrogens (primary N) is 1. The summed E-state index contributed by atoms with van der Waals surface area (Å²) in [6.45, 7) is 5.31. The number of ether oxygens (including phenoxy) is 1. The summed E-state index contributed by atoms with van der Waals surface area (Å²) in [5.41, 5.74) is 7.53. The van der Waals surface area contributed by atoms with Crippen molar-refractivity contribution < 1.29 is 9.84 Å². The molecule has 0 bridgehead atoms. The van der Waals surface area contributed by atoms with Gasteiger partial charge in [0.25, 0.3) is 0 Å². The molecular formula is C14H22N2O2. The van der Waals surface area contributed by atoms with Crippen LogP contribution in [0.5, 0.6) is 5.75 Å². The van der Waals surface area contributed by atoms with Crippen LogP contribution in [0.1, 0.15) is 31.9 Å². The number of benzene rings is 1. The van der Waals surface area contributed by atoms with Crippen molar-refractivity contribution in [2.24, 2.45) is 5.73 Å². The molecule has 2 atom stereocenters. The standard InChI is InChI=1S/C14H22N2O2/c1-10(15)13-11(5-4-6-12(13)18-3)16-8-7-14(2,17)9-16/h4-6,10,17H,7-9,15H2,1-3H3/t10-,14?/m1/s1. The van der Waals surface area contributed by atoms with Gasteiger partial charge in [-0.1, -0.05) is 6.07 Å². The third kappa shape index (κ3) is 2.44. The molecule has 1 aromatic rings. The Morgan fingerprint density at radius 1 is 1.50 bits per heavy atom. The van der Waals surface area contributed by atoms with E-state index >= 15 is 0 Å². The van der Waals surface area contributed by atoms with Crippen molar-refractivity contribution >= 4 is 5.69 Å². The number of nitrogens with zero attached hydrogens (tertiary/aromatic N) is 1. The highest BCUT2D eigenvalue weighted by molar-refractivity contribution is 5.61. The minimum absolute atomic E-state index is 0.0956. The van der Waals surface area contributed by atoms with Crippen LogP contribution in [0.15, 0.2) is 18.2 Å². The molecule has 0 aliphatic carbocycles. The molecule has 18 heavy (non-hydrogen) atoms. The second-order valence-corrected chi connectivity index (χ2v) is 5.35. The summed E-state index contributed by atoms with van der Waals surface area (Å²) in [7, 11) is 1.66.